The molecule has 0 amide bonds. The number of hydrogen-bond acceptors (Lipinski definition) is 16. The fourth-order valence-corrected chi connectivity index (χ4v) is 11.2. The summed E-state index contributed by atoms with van der Waals surface area (Å²) in [5, 5.41) is 3.18. The Kier molecular flexibility index (Phi) is 11.9. The molecule has 408 valence electrons. The fourth-order valence-electron chi connectivity index (χ4n) is 11.2. The van der Waals surface area contributed by atoms with Crippen molar-refractivity contribution in [3.63, 3.8) is 0 Å². The molecule has 24 nitrogen and oxygen atoms in total. The van der Waals surface area contributed by atoms with Crippen LogP contribution in [-0.4, -0.2) is 79.7 Å². The summed E-state index contributed by atoms with van der Waals surface area (Å²) in [4.78, 5) is 96.4. The van der Waals surface area contributed by atoms with Crippen LogP contribution in [0.2, 0.25) is 0 Å². The molecule has 0 spiro atoms. The molecule has 0 N–H and O–H groups in total. The third-order valence-electron chi connectivity index (χ3n) is 15.0. The standard InChI is InChI=1S/C32H24N12.C28H12N12.2Fe/c1-41-13-5-9-17-21(41)29-33-25(17)38-30-23-19(11-7-15-43(23)3)27(35-30)40-32-24-20(12-8-16-44(24)4)28(36-32)39-31-22-18(26(34-31)37-29)10-6-14-42(22)2;1-5-13-17(29-9-1)25-33-21(13)37-26-18-14(6-2-10-30-18)23(34-26)39-28-20-16(8-4-12-32-20)24(36-28)40-27-19-15(7-3-11-31-19)22(35-27)38-25;;/h5-16H,1-4H3;1-12H;;/q+2;-2;2*+2. The summed E-state index contributed by atoms with van der Waals surface area (Å²) in [6.07, 6.45) is 14.7. The van der Waals surface area contributed by atoms with E-state index in [1.807, 2.05) is 168 Å². The predicted molar refractivity (Wildman–Crippen MR) is 304 cm³/mol. The molecule has 0 saturated carbocycles. The summed E-state index contributed by atoms with van der Waals surface area (Å²) < 4.78 is 8.01. The molecule has 4 aliphatic rings. The van der Waals surface area contributed by atoms with Crippen molar-refractivity contribution in [1.29, 1.82) is 0 Å². The van der Waals surface area contributed by atoms with Crippen LogP contribution in [-0.2, 0) is 62.3 Å². The van der Waals surface area contributed by atoms with Gasteiger partial charge in [-0.25, -0.2) is 29.1 Å². The molecular formula is C60H36Fe2N24+4. The SMILES string of the molecule is C[n+]1cccc2c1-c1nc-2nc2[n-]c(nc3nc(nc4[n-]c(n1)c1ccc[n+](C)c41)-c1ccc[n+](C)c1-3)c1ccc[n+](C)c21.[Fe+2].[Fe+2].c1cnc2c(c1)-c1nc-2nc2[n-]c(nc3nc(nc4[n-]c(n1)c1ncccc41)-c1ncccc1-3)c1ncccc21. The summed E-state index contributed by atoms with van der Waals surface area (Å²) in [6.45, 7) is 0. The Balaban J connectivity index is 0.000000143. The van der Waals surface area contributed by atoms with E-state index < -0.39 is 0 Å². The second kappa shape index (κ2) is 19.8. The van der Waals surface area contributed by atoms with Gasteiger partial charge in [0.1, 0.15) is 51.2 Å². The van der Waals surface area contributed by atoms with Gasteiger partial charge in [0.2, 0.25) is 22.4 Å². The average Bonchev–Trinajstić information content (AvgIpc) is 1.78. The minimum absolute atomic E-state index is 0. The third kappa shape index (κ3) is 8.03. The molecule has 0 aliphatic carbocycles. The molecule has 86 heavy (non-hydrogen) atoms. The maximum atomic E-state index is 5.04. The van der Waals surface area contributed by atoms with Gasteiger partial charge in [-0.3, -0.25) is 19.9 Å². The van der Waals surface area contributed by atoms with Crippen molar-refractivity contribution in [3.05, 3.63) is 147 Å². The van der Waals surface area contributed by atoms with Crippen LogP contribution in [0.3, 0.4) is 0 Å². The van der Waals surface area contributed by atoms with Gasteiger partial charge in [0.15, 0.2) is 36.4 Å². The zero-order valence-electron chi connectivity index (χ0n) is 45.3. The largest absolute Gasteiger partial charge is 2.00 e. The molecule has 18 rings (SSSR count). The molecule has 0 fully saturated rings. The van der Waals surface area contributed by atoms with E-state index in [0.29, 0.717) is 114 Å². The Labute approximate surface area is 504 Å². The Morgan fingerprint density at radius 1 is 0.279 bits per heavy atom. The smallest absolute Gasteiger partial charge is 0.356 e. The van der Waals surface area contributed by atoms with Crippen LogP contribution in [0.5, 0.6) is 0 Å². The first-order chi connectivity index (χ1) is 41.2. The Morgan fingerprint density at radius 2 is 0.593 bits per heavy atom. The number of nitrogens with zero attached hydrogens (tertiary/aromatic N) is 24. The predicted octanol–water partition coefficient (Wildman–Crippen LogP) is 5.13. The zero-order valence-corrected chi connectivity index (χ0v) is 47.5. The summed E-state index contributed by atoms with van der Waals surface area (Å²) in [5.41, 5.74) is 12.6. The summed E-state index contributed by atoms with van der Waals surface area (Å²) >= 11 is 0. The first-order valence-electron chi connectivity index (χ1n) is 26.4. The molecular weight excluding hydrogens is 1170 g/mol. The van der Waals surface area contributed by atoms with E-state index in [2.05, 4.69) is 19.9 Å². The number of aromatic nitrogens is 24. The number of pyridine rings is 8. The number of fused-ring (bicyclic) bond motifs is 40. The summed E-state index contributed by atoms with van der Waals surface area (Å²) in [5.74, 6) is 3.69. The van der Waals surface area contributed by atoms with Crippen LogP contribution < -0.4 is 38.2 Å². The molecule has 0 radical (unpaired) electrons. The normalized spacial score (nSPS) is 11.8. The minimum Gasteiger partial charge on any atom is -0.356 e. The van der Waals surface area contributed by atoms with Crippen LogP contribution in [0.4, 0.5) is 0 Å². The monoisotopic (exact) mass is 1200 g/mol. The van der Waals surface area contributed by atoms with Crippen molar-refractivity contribution in [1.82, 2.24) is 99.7 Å². The van der Waals surface area contributed by atoms with Crippen molar-refractivity contribution in [2.24, 2.45) is 28.2 Å². The van der Waals surface area contributed by atoms with Gasteiger partial charge in [-0.1, -0.05) is 12.1 Å². The van der Waals surface area contributed by atoms with E-state index in [0.717, 1.165) is 66.2 Å². The second-order valence-electron chi connectivity index (χ2n) is 20.1. The van der Waals surface area contributed by atoms with Gasteiger partial charge in [-0.15, -0.1) is 0 Å². The van der Waals surface area contributed by atoms with E-state index >= 15 is 0 Å². The Bertz CT molecular complexity index is 5120. The fraction of sp³-hybridized carbons (Fsp3) is 0.0667. The van der Waals surface area contributed by atoms with E-state index in [1.54, 1.807) is 24.8 Å². The first kappa shape index (κ1) is 51.8. The minimum atomic E-state index is 0. The quantitative estimate of drug-likeness (QED) is 0.141. The average molecular weight is 1200 g/mol. The van der Waals surface area contributed by atoms with Crippen molar-refractivity contribution in [2.75, 3.05) is 0 Å². The van der Waals surface area contributed by atoms with E-state index in [9.17, 15) is 0 Å². The molecule has 0 unspecified atom stereocenters. The van der Waals surface area contributed by atoms with Gasteiger partial charge in [0.05, 0.1) is 67.5 Å². The van der Waals surface area contributed by atoms with Crippen LogP contribution in [0, 0.1) is 0 Å². The zero-order chi connectivity index (χ0) is 55.9. The van der Waals surface area contributed by atoms with Gasteiger partial charge in [-0.2, -0.15) is 9.13 Å². The van der Waals surface area contributed by atoms with Gasteiger partial charge < -0.3 is 59.8 Å². The van der Waals surface area contributed by atoms with Crippen LogP contribution in [0.15, 0.2) is 147 Å². The van der Waals surface area contributed by atoms with Gasteiger partial charge in [0.25, 0.3) is 0 Å². The van der Waals surface area contributed by atoms with Crippen LogP contribution >= 0.6 is 0 Å². The first-order valence-corrected chi connectivity index (χ1v) is 26.4. The number of rotatable bonds is 0. The molecule has 26 heteroatoms. The molecule has 14 aromatic heterocycles. The van der Waals surface area contributed by atoms with E-state index in [1.165, 1.54) is 0 Å². The second-order valence-corrected chi connectivity index (χ2v) is 20.1. The molecule has 14 aromatic rings. The van der Waals surface area contributed by atoms with Gasteiger partial charge in [-0.05, 0) is 60.7 Å². The van der Waals surface area contributed by atoms with Crippen molar-refractivity contribution < 1.29 is 52.4 Å². The Hall–Kier alpha value is -11.0. The summed E-state index contributed by atoms with van der Waals surface area (Å²) in [6, 6.07) is 30.8. The van der Waals surface area contributed by atoms with Crippen molar-refractivity contribution >= 4 is 88.8 Å². The number of aryl methyl sites for hydroxylation is 4. The van der Waals surface area contributed by atoms with E-state index in [-0.39, 0.29) is 34.1 Å². The number of hydrogen-bond donors (Lipinski definition) is 0. The third-order valence-corrected chi connectivity index (χ3v) is 15.0. The van der Waals surface area contributed by atoms with Crippen LogP contribution in [0.1, 0.15) is 0 Å². The topological polar surface area (TPSA) is 278 Å². The maximum absolute atomic E-state index is 5.04. The van der Waals surface area contributed by atoms with Gasteiger partial charge in [0, 0.05) is 105 Å². The molecule has 16 bridgehead atoms. The van der Waals surface area contributed by atoms with E-state index in [4.69, 9.17) is 79.7 Å². The maximum Gasteiger partial charge on any atom is 2.00 e. The van der Waals surface area contributed by atoms with Gasteiger partial charge >= 0.3 is 34.1 Å². The van der Waals surface area contributed by atoms with Crippen LogP contribution in [0.25, 0.3) is 180 Å². The summed E-state index contributed by atoms with van der Waals surface area (Å²) in [7, 11) is 7.90. The molecule has 0 atom stereocenters. The molecule has 18 heterocycles. The molecule has 4 aliphatic heterocycles. The Morgan fingerprint density at radius 3 is 1.06 bits per heavy atom. The molecule has 0 saturated heterocycles. The van der Waals surface area contributed by atoms with Crippen molar-refractivity contribution in [3.8, 4) is 91.6 Å². The molecule has 0 aromatic carbocycles. The van der Waals surface area contributed by atoms with Crippen molar-refractivity contribution in [2.45, 2.75) is 0 Å².